The van der Waals surface area contributed by atoms with Crippen molar-refractivity contribution < 1.29 is 34.1 Å². The first-order chi connectivity index (χ1) is 19.6. The molecule has 0 radical (unpaired) electrons. The van der Waals surface area contributed by atoms with Gasteiger partial charge < -0.3 is 30.3 Å². The van der Waals surface area contributed by atoms with E-state index < -0.39 is 29.7 Å². The van der Waals surface area contributed by atoms with Gasteiger partial charge in [-0.3, -0.25) is 19.0 Å². The highest BCUT2D eigenvalue weighted by Gasteiger charge is 2.33. The summed E-state index contributed by atoms with van der Waals surface area (Å²) in [7, 11) is 0. The third-order valence-electron chi connectivity index (χ3n) is 7.01. The summed E-state index contributed by atoms with van der Waals surface area (Å²) in [6.07, 6.45) is 2.89. The predicted octanol–water partition coefficient (Wildman–Crippen LogP) is 4.24. The van der Waals surface area contributed by atoms with Gasteiger partial charge in [0.15, 0.2) is 23.2 Å². The number of ketones is 1. The Balaban J connectivity index is 1.49. The predicted molar refractivity (Wildman–Crippen MR) is 153 cm³/mol. The first-order valence-corrected chi connectivity index (χ1v) is 13.5. The largest absolute Gasteiger partial charge is 0.494 e. The number of aromatic hydroxyl groups is 2. The number of aromatic nitrogens is 1. The number of nitrogens with zero attached hydrogens (tertiary/aromatic N) is 1. The second-order valence-electron chi connectivity index (χ2n) is 10.2. The highest BCUT2D eigenvalue weighted by atomic mass is 16.7. The van der Waals surface area contributed by atoms with Crippen LogP contribution in [-0.4, -0.2) is 45.2 Å². The van der Waals surface area contributed by atoms with Gasteiger partial charge in [0.2, 0.25) is 24.5 Å². The van der Waals surface area contributed by atoms with E-state index in [1.54, 1.807) is 52.0 Å². The van der Waals surface area contributed by atoms with Gasteiger partial charge in [0.25, 0.3) is 0 Å². The van der Waals surface area contributed by atoms with Crippen LogP contribution in [0.1, 0.15) is 60.3 Å². The van der Waals surface area contributed by atoms with Crippen LogP contribution in [0.4, 0.5) is 0 Å². The Morgan fingerprint density at radius 1 is 1.00 bits per heavy atom. The zero-order valence-electron chi connectivity index (χ0n) is 23.5. The van der Waals surface area contributed by atoms with Gasteiger partial charge in [0.05, 0.1) is 24.1 Å². The van der Waals surface area contributed by atoms with Gasteiger partial charge in [0.1, 0.15) is 0 Å². The molecule has 1 aliphatic rings. The molecule has 216 valence electrons. The second-order valence-corrected chi connectivity index (χ2v) is 10.2. The van der Waals surface area contributed by atoms with E-state index in [0.29, 0.717) is 11.5 Å². The minimum atomic E-state index is -0.961. The van der Waals surface area contributed by atoms with E-state index in [1.807, 2.05) is 30.3 Å². The lowest BCUT2D eigenvalue weighted by atomic mass is 9.93. The highest BCUT2D eigenvalue weighted by Crippen LogP contribution is 2.35. The molecule has 0 saturated heterocycles. The molecule has 10 heteroatoms. The van der Waals surface area contributed by atoms with E-state index in [1.165, 1.54) is 10.6 Å². The Labute approximate surface area is 238 Å². The van der Waals surface area contributed by atoms with Crippen LogP contribution in [0.3, 0.4) is 0 Å². The smallest absolute Gasteiger partial charge is 0.244 e. The minimum Gasteiger partial charge on any atom is -0.494 e. The third kappa shape index (κ3) is 6.54. The van der Waals surface area contributed by atoms with Gasteiger partial charge in [-0.2, -0.15) is 0 Å². The van der Waals surface area contributed by atoms with Crippen LogP contribution in [0.5, 0.6) is 23.3 Å². The lowest BCUT2D eigenvalue weighted by Crippen LogP contribution is -2.45. The van der Waals surface area contributed by atoms with Crippen molar-refractivity contribution in [2.45, 2.75) is 52.7 Å². The molecule has 0 fully saturated rings. The quantitative estimate of drug-likeness (QED) is 0.203. The molecule has 41 heavy (non-hydrogen) atoms. The van der Waals surface area contributed by atoms with Crippen molar-refractivity contribution in [3.05, 3.63) is 76.9 Å². The second kappa shape index (κ2) is 12.6. The molecule has 1 aromatic heterocycles. The number of rotatable bonds is 11. The Kier molecular flexibility index (Phi) is 9.01. The van der Waals surface area contributed by atoms with Gasteiger partial charge in [-0.25, -0.2) is 0 Å². The Bertz CT molecular complexity index is 1460. The fourth-order valence-electron chi connectivity index (χ4n) is 4.77. The first kappa shape index (κ1) is 29.3. The Morgan fingerprint density at radius 2 is 1.71 bits per heavy atom. The molecule has 0 spiro atoms. The van der Waals surface area contributed by atoms with Crippen LogP contribution in [-0.2, 0) is 16.1 Å². The number of carbonyl (C=O) groups excluding carboxylic acids is 3. The SMILES string of the molecule is CCn1c(O)c(C)c(C(=O)[C@@H](NC(=O)C[C@H](NC(=O)C=Cc2ccc3c(c2)OCO3)c2ccccc2)C(C)C)c1O. The molecule has 2 heterocycles. The summed E-state index contributed by atoms with van der Waals surface area (Å²) in [6, 6.07) is 12.8. The molecule has 2 aromatic carbocycles. The van der Waals surface area contributed by atoms with Gasteiger partial charge in [-0.05, 0) is 49.1 Å². The summed E-state index contributed by atoms with van der Waals surface area (Å²) in [6.45, 7) is 7.27. The van der Waals surface area contributed by atoms with Crippen molar-refractivity contribution in [2.75, 3.05) is 6.79 Å². The lowest BCUT2D eigenvalue weighted by molar-refractivity contribution is -0.123. The number of carbonyl (C=O) groups is 3. The van der Waals surface area contributed by atoms with E-state index in [4.69, 9.17) is 9.47 Å². The highest BCUT2D eigenvalue weighted by molar-refractivity contribution is 6.05. The molecule has 0 aliphatic carbocycles. The Morgan fingerprint density at radius 3 is 2.37 bits per heavy atom. The number of amides is 2. The average Bonchev–Trinajstić information content (AvgIpc) is 3.51. The van der Waals surface area contributed by atoms with Gasteiger partial charge >= 0.3 is 0 Å². The molecular weight excluding hydrogens is 526 g/mol. The lowest BCUT2D eigenvalue weighted by Gasteiger charge is -2.24. The monoisotopic (exact) mass is 561 g/mol. The van der Waals surface area contributed by atoms with E-state index in [-0.39, 0.29) is 48.6 Å². The maximum atomic E-state index is 13.5. The number of hydrogen-bond donors (Lipinski definition) is 4. The molecule has 0 unspecified atom stereocenters. The molecule has 3 aromatic rings. The van der Waals surface area contributed by atoms with Crippen molar-refractivity contribution in [1.82, 2.24) is 15.2 Å². The normalized spacial score (nSPS) is 13.8. The van der Waals surface area contributed by atoms with Crippen LogP contribution in [0.2, 0.25) is 0 Å². The molecule has 0 saturated carbocycles. The number of hydrogen-bond acceptors (Lipinski definition) is 7. The number of benzene rings is 2. The fraction of sp³-hybridized carbons (Fsp3) is 0.323. The van der Waals surface area contributed by atoms with Crippen LogP contribution in [0.15, 0.2) is 54.6 Å². The molecule has 1 aliphatic heterocycles. The molecule has 10 nitrogen and oxygen atoms in total. The molecule has 4 N–H and O–H groups in total. The van der Waals surface area contributed by atoms with Crippen molar-refractivity contribution in [2.24, 2.45) is 5.92 Å². The molecule has 0 bridgehead atoms. The van der Waals surface area contributed by atoms with Crippen molar-refractivity contribution in [3.63, 3.8) is 0 Å². The van der Waals surface area contributed by atoms with Gasteiger partial charge in [0, 0.05) is 18.2 Å². The van der Waals surface area contributed by atoms with Crippen molar-refractivity contribution in [3.8, 4) is 23.3 Å². The number of Topliss-reactive ketones (excluding diaryl/α,β-unsaturated/α-hetero) is 1. The van der Waals surface area contributed by atoms with Crippen LogP contribution in [0, 0.1) is 12.8 Å². The zero-order valence-corrected chi connectivity index (χ0v) is 23.5. The summed E-state index contributed by atoms with van der Waals surface area (Å²) in [5, 5.41) is 26.6. The van der Waals surface area contributed by atoms with Gasteiger partial charge in [-0.15, -0.1) is 0 Å². The molecule has 4 rings (SSSR count). The maximum absolute atomic E-state index is 13.5. The third-order valence-corrected chi connectivity index (χ3v) is 7.01. The van der Waals surface area contributed by atoms with Gasteiger partial charge in [-0.1, -0.05) is 50.2 Å². The average molecular weight is 562 g/mol. The first-order valence-electron chi connectivity index (χ1n) is 13.5. The fourth-order valence-corrected chi connectivity index (χ4v) is 4.77. The number of nitrogens with one attached hydrogen (secondary N) is 2. The molecule has 2 atom stereocenters. The summed E-state index contributed by atoms with van der Waals surface area (Å²) >= 11 is 0. The van der Waals surface area contributed by atoms with E-state index in [2.05, 4.69) is 10.6 Å². The number of ether oxygens (including phenoxy) is 2. The summed E-state index contributed by atoms with van der Waals surface area (Å²) < 4.78 is 11.9. The summed E-state index contributed by atoms with van der Waals surface area (Å²) in [4.78, 5) is 39.6. The summed E-state index contributed by atoms with van der Waals surface area (Å²) in [5.74, 6) is -0.959. The molecular formula is C31H35N3O7. The van der Waals surface area contributed by atoms with E-state index in [0.717, 1.165) is 11.1 Å². The van der Waals surface area contributed by atoms with Crippen molar-refractivity contribution in [1.29, 1.82) is 0 Å². The summed E-state index contributed by atoms with van der Waals surface area (Å²) in [5.41, 5.74) is 1.69. The van der Waals surface area contributed by atoms with Crippen molar-refractivity contribution >= 4 is 23.7 Å². The maximum Gasteiger partial charge on any atom is 0.244 e. The van der Waals surface area contributed by atoms with Crippen LogP contribution < -0.4 is 20.1 Å². The zero-order chi connectivity index (χ0) is 29.7. The van der Waals surface area contributed by atoms with Crippen LogP contribution in [0.25, 0.3) is 6.08 Å². The molecule has 2 amide bonds. The topological polar surface area (TPSA) is 139 Å². The standard InChI is InChI=1S/C31H35N3O7/c1-5-34-30(38)19(4)27(31(34)39)29(37)28(18(2)3)33-26(36)16-22(21-9-7-6-8-10-21)32-25(35)14-12-20-11-13-23-24(15-20)41-17-40-23/h6-15,18,22,28,38-39H,5,16-17H2,1-4H3,(H,32,35)(H,33,36)/t22-,28-/m0/s1. The number of fused-ring (bicyclic) bond motifs is 1. The minimum absolute atomic E-state index is 0.0232. The van der Waals surface area contributed by atoms with E-state index in [9.17, 15) is 24.6 Å². The van der Waals surface area contributed by atoms with E-state index >= 15 is 0 Å². The Hall–Kier alpha value is -4.73. The van der Waals surface area contributed by atoms with Crippen LogP contribution >= 0.6 is 0 Å².